The number of hydrogen-bond donors (Lipinski definition) is 0. The largest absolute Gasteiger partial charge is 0.366 e. The number of hydrogen-bond acceptors (Lipinski definition) is 6. The van der Waals surface area contributed by atoms with Gasteiger partial charge in [0, 0.05) is 42.8 Å². The van der Waals surface area contributed by atoms with Crippen LogP contribution in [0.15, 0.2) is 60.0 Å². The zero-order valence-corrected chi connectivity index (χ0v) is 24.6. The van der Waals surface area contributed by atoms with Crippen molar-refractivity contribution in [3.8, 4) is 23.0 Å². The molecule has 0 bridgehead atoms. The van der Waals surface area contributed by atoms with Crippen LogP contribution in [0.25, 0.3) is 28.0 Å². The number of benzene rings is 1. The van der Waals surface area contributed by atoms with Gasteiger partial charge in [-0.15, -0.1) is 0 Å². The second kappa shape index (κ2) is 11.4. The minimum Gasteiger partial charge on any atom is -0.366 e. The Morgan fingerprint density at radius 3 is 2.62 bits per heavy atom. The minimum absolute atomic E-state index is 0.0540. The first-order chi connectivity index (χ1) is 20.1. The highest BCUT2D eigenvalue weighted by atomic mass is 35.5. The van der Waals surface area contributed by atoms with Gasteiger partial charge in [-0.3, -0.25) is 19.1 Å². The second-order valence-corrected chi connectivity index (χ2v) is 11.1. The molecule has 0 aliphatic carbocycles. The number of nitriles is 1. The van der Waals surface area contributed by atoms with Gasteiger partial charge >= 0.3 is 0 Å². The summed E-state index contributed by atoms with van der Waals surface area (Å²) in [4.78, 5) is 39.8. The molecule has 0 spiro atoms. The Labute approximate surface area is 248 Å². The lowest BCUT2D eigenvalue weighted by atomic mass is 10.0. The lowest BCUT2D eigenvalue weighted by Crippen LogP contribution is -2.54. The molecule has 0 saturated carbocycles. The van der Waals surface area contributed by atoms with Crippen molar-refractivity contribution in [3.05, 3.63) is 93.3 Å². The van der Waals surface area contributed by atoms with Gasteiger partial charge in [0.25, 0.3) is 5.56 Å². The Bertz CT molecular complexity index is 1840. The molecule has 4 aromatic rings. The lowest BCUT2D eigenvalue weighted by molar-refractivity contribution is -0.128. The second-order valence-electron chi connectivity index (χ2n) is 10.7. The number of rotatable bonds is 5. The van der Waals surface area contributed by atoms with Gasteiger partial charge in [0.2, 0.25) is 5.91 Å². The molecule has 4 heterocycles. The fraction of sp³-hybridized carbons (Fsp3) is 0.281. The number of pyridine rings is 3. The van der Waals surface area contributed by atoms with Crippen LogP contribution in [0.2, 0.25) is 5.02 Å². The zero-order valence-electron chi connectivity index (χ0n) is 23.9. The molecule has 1 aliphatic heterocycles. The molecular weight excluding hydrogens is 555 g/mol. The van der Waals surface area contributed by atoms with E-state index in [2.05, 4.69) is 17.6 Å². The van der Waals surface area contributed by atoms with Crippen LogP contribution in [0, 0.1) is 24.1 Å². The topological polar surface area (TPSA) is 95.1 Å². The van der Waals surface area contributed by atoms with Gasteiger partial charge < -0.3 is 9.80 Å². The summed E-state index contributed by atoms with van der Waals surface area (Å²) in [6.45, 7) is 12.4. The van der Waals surface area contributed by atoms with Gasteiger partial charge in [0.05, 0.1) is 27.8 Å². The average Bonchev–Trinajstić information content (AvgIpc) is 2.96. The van der Waals surface area contributed by atoms with Gasteiger partial charge in [0.15, 0.2) is 0 Å². The summed E-state index contributed by atoms with van der Waals surface area (Å²) in [5.74, 6) is -0.747. The maximum atomic E-state index is 15.0. The summed E-state index contributed by atoms with van der Waals surface area (Å²) in [6, 6.07) is 11.5. The molecule has 3 aromatic heterocycles. The van der Waals surface area contributed by atoms with Crippen molar-refractivity contribution in [2.75, 3.05) is 24.5 Å². The minimum atomic E-state index is -0.565. The van der Waals surface area contributed by atoms with Gasteiger partial charge in [-0.2, -0.15) is 5.26 Å². The van der Waals surface area contributed by atoms with Crippen LogP contribution in [-0.4, -0.2) is 51.0 Å². The maximum absolute atomic E-state index is 15.0. The lowest BCUT2D eigenvalue weighted by Gasteiger charge is -2.41. The third kappa shape index (κ3) is 4.82. The van der Waals surface area contributed by atoms with E-state index in [1.165, 1.54) is 16.7 Å². The number of aromatic nitrogens is 3. The Balaban J connectivity index is 1.89. The summed E-state index contributed by atoms with van der Waals surface area (Å²) >= 11 is 6.79. The molecule has 5 rings (SSSR count). The first kappa shape index (κ1) is 29.0. The van der Waals surface area contributed by atoms with E-state index in [9.17, 15) is 19.2 Å². The van der Waals surface area contributed by atoms with Crippen molar-refractivity contribution >= 4 is 34.2 Å². The van der Waals surface area contributed by atoms with Crippen LogP contribution >= 0.6 is 11.6 Å². The molecule has 1 amide bonds. The van der Waals surface area contributed by atoms with Crippen molar-refractivity contribution in [1.29, 1.82) is 5.26 Å². The van der Waals surface area contributed by atoms with Crippen LogP contribution in [-0.2, 0) is 4.79 Å². The van der Waals surface area contributed by atoms with E-state index >= 15 is 0 Å². The Morgan fingerprint density at radius 2 is 1.98 bits per heavy atom. The number of anilines is 1. The van der Waals surface area contributed by atoms with Crippen molar-refractivity contribution in [1.82, 2.24) is 19.4 Å². The summed E-state index contributed by atoms with van der Waals surface area (Å²) < 4.78 is 16.4. The van der Waals surface area contributed by atoms with E-state index < -0.39 is 11.4 Å². The summed E-state index contributed by atoms with van der Waals surface area (Å²) in [5, 5.41) is 11.0. The monoisotopic (exact) mass is 584 g/mol. The summed E-state index contributed by atoms with van der Waals surface area (Å²) in [7, 11) is 0. The third-order valence-corrected chi connectivity index (χ3v) is 7.93. The normalized spacial score (nSPS) is 15.2. The summed E-state index contributed by atoms with van der Waals surface area (Å²) in [6.07, 6.45) is 2.96. The molecule has 1 saturated heterocycles. The van der Waals surface area contributed by atoms with E-state index in [0.29, 0.717) is 42.1 Å². The quantitative estimate of drug-likeness (QED) is 0.277. The Hall–Kier alpha value is -4.55. The van der Waals surface area contributed by atoms with Crippen molar-refractivity contribution in [2.45, 2.75) is 39.7 Å². The predicted molar refractivity (Wildman–Crippen MR) is 163 cm³/mol. The number of halogens is 2. The molecule has 1 aromatic carbocycles. The van der Waals surface area contributed by atoms with E-state index in [0.717, 1.165) is 5.56 Å². The highest BCUT2D eigenvalue weighted by Crippen LogP contribution is 2.38. The van der Waals surface area contributed by atoms with Gasteiger partial charge in [-0.1, -0.05) is 44.2 Å². The first-order valence-electron chi connectivity index (χ1n) is 13.7. The average molecular weight is 585 g/mol. The van der Waals surface area contributed by atoms with E-state index in [1.54, 1.807) is 41.4 Å². The van der Waals surface area contributed by atoms with Crippen molar-refractivity contribution < 1.29 is 9.18 Å². The predicted octanol–water partition coefficient (Wildman–Crippen LogP) is 5.77. The van der Waals surface area contributed by atoms with E-state index in [4.69, 9.17) is 16.6 Å². The molecule has 8 nitrogen and oxygen atoms in total. The molecule has 1 aliphatic rings. The highest BCUT2D eigenvalue weighted by Gasteiger charge is 2.32. The smallest absolute Gasteiger partial charge is 0.276 e. The molecule has 214 valence electrons. The number of fused-ring (bicyclic) bond motifs is 1. The fourth-order valence-electron chi connectivity index (χ4n) is 5.64. The number of nitrogens with zero attached hydrogens (tertiary/aromatic N) is 6. The van der Waals surface area contributed by atoms with Crippen LogP contribution in [0.1, 0.15) is 43.5 Å². The maximum Gasteiger partial charge on any atom is 0.276 e. The van der Waals surface area contributed by atoms with Gasteiger partial charge in [-0.05, 0) is 55.7 Å². The van der Waals surface area contributed by atoms with E-state index in [-0.39, 0.29) is 45.4 Å². The van der Waals surface area contributed by atoms with Crippen molar-refractivity contribution in [3.63, 3.8) is 0 Å². The van der Waals surface area contributed by atoms with Gasteiger partial charge in [0.1, 0.15) is 23.1 Å². The van der Waals surface area contributed by atoms with Gasteiger partial charge in [-0.25, -0.2) is 9.37 Å². The standard InChI is InChI=1S/C32H30ClFN6O2/c1-6-26(41)39-14-13-38(17-20(39)5)30-22-15-24(33)28(21-9-7-8-10-25(21)34)37-31(22)40(32(42)23(30)16-35)29-19(4)11-12-36-27(29)18(2)3/h6-12,15,18,20H,1,13-14,17H2,2-5H3. The SMILES string of the molecule is C=CC(=O)N1CCN(c2c(C#N)c(=O)n(-c3c(C)ccnc3C(C)C)c3nc(-c4ccccc4F)c(Cl)cc23)CC1C. The number of carbonyl (C=O) groups excluding carboxylic acids is 1. The Morgan fingerprint density at radius 1 is 1.24 bits per heavy atom. The van der Waals surface area contributed by atoms with E-state index in [1.807, 2.05) is 32.6 Å². The molecule has 42 heavy (non-hydrogen) atoms. The summed E-state index contributed by atoms with van der Waals surface area (Å²) in [5.41, 5.74) is 2.28. The fourth-order valence-corrected chi connectivity index (χ4v) is 5.89. The molecule has 1 atom stereocenters. The number of amides is 1. The van der Waals surface area contributed by atoms with Crippen LogP contribution in [0.5, 0.6) is 0 Å². The first-order valence-corrected chi connectivity index (χ1v) is 14.0. The highest BCUT2D eigenvalue weighted by molar-refractivity contribution is 6.34. The van der Waals surface area contributed by atoms with Crippen LogP contribution in [0.4, 0.5) is 10.1 Å². The molecule has 1 unspecified atom stereocenters. The van der Waals surface area contributed by atoms with Crippen LogP contribution in [0.3, 0.4) is 0 Å². The van der Waals surface area contributed by atoms with Crippen LogP contribution < -0.4 is 10.5 Å². The Kier molecular flexibility index (Phi) is 7.85. The molecular formula is C32H30ClFN6O2. The third-order valence-electron chi connectivity index (χ3n) is 7.64. The molecule has 10 heteroatoms. The van der Waals surface area contributed by atoms with Crippen molar-refractivity contribution in [2.24, 2.45) is 0 Å². The number of carbonyl (C=O) groups is 1. The zero-order chi connectivity index (χ0) is 30.3. The number of piperazine rings is 1. The molecule has 0 N–H and O–H groups in total. The molecule has 0 radical (unpaired) electrons. The molecule has 1 fully saturated rings. The number of aryl methyl sites for hydroxylation is 1.